The zero-order valence-corrected chi connectivity index (χ0v) is 10.2. The number of aliphatic imine (C=N–C) groups is 2. The van der Waals surface area contributed by atoms with Crippen LogP contribution in [0.3, 0.4) is 0 Å². The van der Waals surface area contributed by atoms with Gasteiger partial charge in [-0.3, -0.25) is 4.99 Å². The van der Waals surface area contributed by atoms with Crippen LogP contribution in [0.2, 0.25) is 0 Å². The van der Waals surface area contributed by atoms with Gasteiger partial charge in [0, 0.05) is 5.41 Å². The number of hydrogen-bond acceptors (Lipinski definition) is 1. The van der Waals surface area contributed by atoms with Crippen LogP contribution in [-0.4, -0.2) is 18.5 Å². The molecule has 0 atom stereocenters. The van der Waals surface area contributed by atoms with Crippen LogP contribution in [0.15, 0.2) is 40.3 Å². The molecule has 6 N–H and O–H groups in total. The van der Waals surface area contributed by atoms with Crippen LogP contribution in [0, 0.1) is 0 Å². The predicted molar refractivity (Wildman–Crippen MR) is 71.8 cm³/mol. The van der Waals surface area contributed by atoms with Gasteiger partial charge >= 0.3 is 0 Å². The van der Waals surface area contributed by atoms with Crippen molar-refractivity contribution in [2.24, 2.45) is 27.2 Å². The van der Waals surface area contributed by atoms with E-state index in [9.17, 15) is 0 Å². The summed E-state index contributed by atoms with van der Waals surface area (Å²) in [6, 6.07) is 10.1. The summed E-state index contributed by atoms with van der Waals surface area (Å²) in [5, 5.41) is 0. The second-order valence-electron chi connectivity index (χ2n) is 4.46. The highest BCUT2D eigenvalue weighted by molar-refractivity contribution is 5.92. The largest absolute Gasteiger partial charge is 0.370 e. The minimum absolute atomic E-state index is 0.0798. The summed E-state index contributed by atoms with van der Waals surface area (Å²) in [6.45, 7) is 4.71. The Morgan fingerprint density at radius 1 is 1.12 bits per heavy atom. The van der Waals surface area contributed by atoms with Gasteiger partial charge in [0.05, 0.1) is 6.54 Å². The van der Waals surface area contributed by atoms with Crippen molar-refractivity contribution in [3.8, 4) is 0 Å². The molecule has 0 heterocycles. The van der Waals surface area contributed by atoms with E-state index in [1.807, 2.05) is 18.2 Å². The van der Waals surface area contributed by atoms with Gasteiger partial charge in [-0.1, -0.05) is 44.2 Å². The van der Waals surface area contributed by atoms with Crippen LogP contribution in [-0.2, 0) is 5.41 Å². The van der Waals surface area contributed by atoms with E-state index in [0.29, 0.717) is 6.54 Å². The highest BCUT2D eigenvalue weighted by Crippen LogP contribution is 2.22. The number of benzene rings is 1. The summed E-state index contributed by atoms with van der Waals surface area (Å²) >= 11 is 0. The fourth-order valence-corrected chi connectivity index (χ4v) is 1.43. The van der Waals surface area contributed by atoms with Crippen LogP contribution in [0.5, 0.6) is 0 Å². The Labute approximate surface area is 101 Å². The maximum atomic E-state index is 5.56. The molecule has 0 saturated carbocycles. The zero-order valence-electron chi connectivity index (χ0n) is 10.2. The molecule has 17 heavy (non-hydrogen) atoms. The lowest BCUT2D eigenvalue weighted by atomic mass is 9.85. The van der Waals surface area contributed by atoms with E-state index in [2.05, 4.69) is 36.0 Å². The number of guanidine groups is 2. The van der Waals surface area contributed by atoms with E-state index in [4.69, 9.17) is 17.2 Å². The van der Waals surface area contributed by atoms with Crippen LogP contribution >= 0.6 is 0 Å². The van der Waals surface area contributed by atoms with Crippen molar-refractivity contribution in [1.29, 1.82) is 0 Å². The molecule has 0 spiro atoms. The molecule has 0 unspecified atom stereocenters. The molecule has 0 aliphatic rings. The molecule has 1 aromatic rings. The maximum absolute atomic E-state index is 5.56. The quantitative estimate of drug-likeness (QED) is 0.524. The minimum atomic E-state index is -0.106. The lowest BCUT2D eigenvalue weighted by Crippen LogP contribution is -2.28. The third-order valence-electron chi connectivity index (χ3n) is 2.44. The highest BCUT2D eigenvalue weighted by atomic mass is 15.1. The fourth-order valence-electron chi connectivity index (χ4n) is 1.43. The van der Waals surface area contributed by atoms with Crippen LogP contribution in [0.1, 0.15) is 19.4 Å². The average Bonchev–Trinajstić information content (AvgIpc) is 2.27. The number of hydrogen-bond donors (Lipinski definition) is 3. The molecule has 5 nitrogen and oxygen atoms in total. The molecule has 0 aliphatic carbocycles. The average molecular weight is 233 g/mol. The Balaban J connectivity index is 2.78. The lowest BCUT2D eigenvalue weighted by Gasteiger charge is -2.22. The van der Waals surface area contributed by atoms with Gasteiger partial charge in [-0.2, -0.15) is 4.99 Å². The van der Waals surface area contributed by atoms with Crippen molar-refractivity contribution in [3.63, 3.8) is 0 Å². The molecular formula is C12H19N5. The maximum Gasteiger partial charge on any atom is 0.218 e. The summed E-state index contributed by atoms with van der Waals surface area (Å²) in [5.74, 6) is 0.0257. The summed E-state index contributed by atoms with van der Waals surface area (Å²) in [7, 11) is 0. The first-order valence-corrected chi connectivity index (χ1v) is 5.37. The molecule has 0 bridgehead atoms. The zero-order chi connectivity index (χ0) is 12.9. The Morgan fingerprint density at radius 3 is 2.24 bits per heavy atom. The Morgan fingerprint density at radius 2 is 1.71 bits per heavy atom. The molecule has 5 heteroatoms. The number of nitrogens with zero attached hydrogens (tertiary/aromatic N) is 2. The molecular weight excluding hydrogens is 214 g/mol. The van der Waals surface area contributed by atoms with E-state index in [0.717, 1.165) is 0 Å². The van der Waals surface area contributed by atoms with E-state index in [-0.39, 0.29) is 17.3 Å². The van der Waals surface area contributed by atoms with Gasteiger partial charge < -0.3 is 17.2 Å². The predicted octanol–water partition coefficient (Wildman–Crippen LogP) is 0.552. The first-order valence-electron chi connectivity index (χ1n) is 5.37. The summed E-state index contributed by atoms with van der Waals surface area (Å²) in [4.78, 5) is 7.83. The molecule has 0 amide bonds. The molecule has 0 fully saturated rings. The van der Waals surface area contributed by atoms with Crippen molar-refractivity contribution in [1.82, 2.24) is 0 Å². The molecule has 0 saturated heterocycles. The molecule has 92 valence electrons. The Hall–Kier alpha value is -2.04. The SMILES string of the molecule is CC(C)(CN=C(N)N=C(N)N)c1ccccc1. The van der Waals surface area contributed by atoms with Gasteiger partial charge in [-0.05, 0) is 5.56 Å². The topological polar surface area (TPSA) is 103 Å². The second kappa shape index (κ2) is 5.34. The third kappa shape index (κ3) is 4.14. The summed E-state index contributed by atoms with van der Waals surface area (Å²) in [5.41, 5.74) is 17.1. The first kappa shape index (κ1) is 13.0. The lowest BCUT2D eigenvalue weighted by molar-refractivity contribution is 0.540. The van der Waals surface area contributed by atoms with Crippen LogP contribution in [0.4, 0.5) is 0 Å². The number of nitrogens with two attached hydrogens (primary N) is 3. The second-order valence-corrected chi connectivity index (χ2v) is 4.46. The van der Waals surface area contributed by atoms with Gasteiger partial charge in [0.15, 0.2) is 5.96 Å². The third-order valence-corrected chi connectivity index (χ3v) is 2.44. The van der Waals surface area contributed by atoms with Crippen molar-refractivity contribution < 1.29 is 0 Å². The van der Waals surface area contributed by atoms with Gasteiger partial charge in [0.25, 0.3) is 0 Å². The van der Waals surface area contributed by atoms with Crippen molar-refractivity contribution in [2.45, 2.75) is 19.3 Å². The fraction of sp³-hybridized carbons (Fsp3) is 0.333. The minimum Gasteiger partial charge on any atom is -0.370 e. The smallest absolute Gasteiger partial charge is 0.218 e. The number of rotatable bonds is 3. The van der Waals surface area contributed by atoms with Crippen molar-refractivity contribution in [2.75, 3.05) is 6.54 Å². The Bertz CT molecular complexity index is 416. The summed E-state index contributed by atoms with van der Waals surface area (Å²) in [6.07, 6.45) is 0. The molecule has 0 aromatic heterocycles. The Kier molecular flexibility index (Phi) is 4.09. The van der Waals surface area contributed by atoms with Crippen molar-refractivity contribution in [3.05, 3.63) is 35.9 Å². The van der Waals surface area contributed by atoms with E-state index in [1.165, 1.54) is 5.56 Å². The van der Waals surface area contributed by atoms with Gasteiger partial charge in [-0.25, -0.2) is 0 Å². The summed E-state index contributed by atoms with van der Waals surface area (Å²) < 4.78 is 0. The molecule has 0 radical (unpaired) electrons. The van der Waals surface area contributed by atoms with Crippen LogP contribution in [0.25, 0.3) is 0 Å². The van der Waals surface area contributed by atoms with E-state index in [1.54, 1.807) is 0 Å². The molecule has 1 rings (SSSR count). The van der Waals surface area contributed by atoms with Gasteiger partial charge in [0.1, 0.15) is 0 Å². The highest BCUT2D eigenvalue weighted by Gasteiger charge is 2.19. The van der Waals surface area contributed by atoms with Crippen LogP contribution < -0.4 is 17.2 Å². The van der Waals surface area contributed by atoms with Crippen molar-refractivity contribution >= 4 is 11.9 Å². The monoisotopic (exact) mass is 233 g/mol. The molecule has 1 aromatic carbocycles. The molecule has 0 aliphatic heterocycles. The van der Waals surface area contributed by atoms with E-state index >= 15 is 0 Å². The van der Waals surface area contributed by atoms with Gasteiger partial charge in [-0.15, -0.1) is 0 Å². The first-order chi connectivity index (χ1) is 7.92. The van der Waals surface area contributed by atoms with Gasteiger partial charge in [0.2, 0.25) is 5.96 Å². The normalized spacial score (nSPS) is 12.2. The van der Waals surface area contributed by atoms with E-state index < -0.39 is 0 Å². The standard InChI is InChI=1S/C12H19N5/c1-12(2,9-6-4-3-5-7-9)8-16-11(15)17-10(13)14/h3-7H,8H2,1-2H3,(H6,13,14,15,16,17).